The molecule has 104 valence electrons. The molecule has 0 amide bonds. The van der Waals surface area contributed by atoms with E-state index in [9.17, 15) is 4.79 Å². The van der Waals surface area contributed by atoms with E-state index in [1.807, 2.05) is 0 Å². The van der Waals surface area contributed by atoms with Crippen molar-refractivity contribution in [3.63, 3.8) is 0 Å². The largest absolute Gasteiger partial charge is 0.462 e. The van der Waals surface area contributed by atoms with Gasteiger partial charge in [0.25, 0.3) is 0 Å². The van der Waals surface area contributed by atoms with Gasteiger partial charge >= 0.3 is 5.97 Å². The molecule has 2 aliphatic carbocycles. The molecule has 2 saturated carbocycles. The summed E-state index contributed by atoms with van der Waals surface area (Å²) >= 11 is 0. The van der Waals surface area contributed by atoms with Crippen LogP contribution in [0.25, 0.3) is 0 Å². The highest BCUT2D eigenvalue weighted by molar-refractivity contribution is 5.72. The minimum Gasteiger partial charge on any atom is -0.462 e. The molecule has 2 N–H and O–H groups in total. The zero-order chi connectivity index (χ0) is 12.8. The molecule has 0 aromatic carbocycles. The lowest BCUT2D eigenvalue weighted by molar-refractivity contribution is -0.156. The van der Waals surface area contributed by atoms with Crippen LogP contribution < -0.4 is 5.73 Å². The van der Waals surface area contributed by atoms with Gasteiger partial charge in [0.1, 0.15) is 6.10 Å². The van der Waals surface area contributed by atoms with Gasteiger partial charge < -0.3 is 10.5 Å². The van der Waals surface area contributed by atoms with Crippen molar-refractivity contribution in [3.8, 4) is 0 Å². The van der Waals surface area contributed by atoms with Gasteiger partial charge in [0.05, 0.1) is 5.92 Å². The fourth-order valence-corrected chi connectivity index (χ4v) is 3.25. The molecule has 0 spiro atoms. The fraction of sp³-hybridized carbons (Fsp3) is 0.933. The Balaban J connectivity index is 1.74. The lowest BCUT2D eigenvalue weighted by Crippen LogP contribution is -2.29. The van der Waals surface area contributed by atoms with Crippen molar-refractivity contribution in [1.82, 2.24) is 0 Å². The van der Waals surface area contributed by atoms with Crippen LogP contribution in [0.3, 0.4) is 0 Å². The number of carbonyl (C=O) groups is 1. The molecular weight excluding hydrogens is 226 g/mol. The normalized spacial score (nSPS) is 30.7. The van der Waals surface area contributed by atoms with E-state index in [1.54, 1.807) is 0 Å². The number of esters is 1. The lowest BCUT2D eigenvalue weighted by atomic mass is 9.82. The summed E-state index contributed by atoms with van der Waals surface area (Å²) in [5.74, 6) is 0.848. The molecule has 3 heteroatoms. The van der Waals surface area contributed by atoms with Crippen LogP contribution >= 0.6 is 0 Å². The molecule has 0 atom stereocenters. The van der Waals surface area contributed by atoms with E-state index in [-0.39, 0.29) is 18.0 Å². The van der Waals surface area contributed by atoms with Gasteiger partial charge in [0.15, 0.2) is 0 Å². The summed E-state index contributed by atoms with van der Waals surface area (Å²) in [5.41, 5.74) is 5.68. The Morgan fingerprint density at radius 2 is 1.56 bits per heavy atom. The zero-order valence-corrected chi connectivity index (χ0v) is 11.4. The summed E-state index contributed by atoms with van der Waals surface area (Å²) in [6.45, 7) is 0.768. The summed E-state index contributed by atoms with van der Waals surface area (Å²) in [5, 5.41) is 0. The quantitative estimate of drug-likeness (QED) is 0.621. The number of hydrogen-bond acceptors (Lipinski definition) is 3. The topological polar surface area (TPSA) is 52.3 Å². The van der Waals surface area contributed by atoms with Gasteiger partial charge in [0.2, 0.25) is 0 Å². The average molecular weight is 253 g/mol. The van der Waals surface area contributed by atoms with Crippen molar-refractivity contribution >= 4 is 5.97 Å². The fourth-order valence-electron chi connectivity index (χ4n) is 3.25. The van der Waals surface area contributed by atoms with Crippen LogP contribution in [0.1, 0.15) is 64.2 Å². The first kappa shape index (κ1) is 13.9. The molecule has 0 saturated heterocycles. The van der Waals surface area contributed by atoms with Crippen LogP contribution in [0, 0.1) is 11.8 Å². The Labute approximate surface area is 110 Å². The molecule has 2 fully saturated rings. The third-order valence-corrected chi connectivity index (χ3v) is 4.60. The van der Waals surface area contributed by atoms with Crippen LogP contribution in [0.4, 0.5) is 0 Å². The summed E-state index contributed by atoms with van der Waals surface area (Å²) < 4.78 is 5.71. The molecule has 0 unspecified atom stereocenters. The first-order chi connectivity index (χ1) is 8.79. The maximum atomic E-state index is 12.1. The minimum atomic E-state index is 0.0670. The Bertz CT molecular complexity index is 251. The highest BCUT2D eigenvalue weighted by atomic mass is 16.5. The molecular formula is C15H27NO2. The Kier molecular flexibility index (Phi) is 5.48. The van der Waals surface area contributed by atoms with E-state index in [4.69, 9.17) is 10.5 Å². The predicted molar refractivity (Wildman–Crippen MR) is 72.1 cm³/mol. The van der Waals surface area contributed by atoms with E-state index in [0.717, 1.165) is 45.1 Å². The second-order valence-electron chi connectivity index (χ2n) is 6.00. The number of ether oxygens (including phenoxy) is 1. The van der Waals surface area contributed by atoms with E-state index in [0.29, 0.717) is 5.92 Å². The van der Waals surface area contributed by atoms with Crippen molar-refractivity contribution in [2.24, 2.45) is 17.6 Å². The number of carbonyl (C=O) groups excluding carboxylic acids is 1. The smallest absolute Gasteiger partial charge is 0.309 e. The minimum absolute atomic E-state index is 0.0670. The second kappa shape index (κ2) is 7.13. The van der Waals surface area contributed by atoms with Gasteiger partial charge in [-0.15, -0.1) is 0 Å². The predicted octanol–water partition coefficient (Wildman–Crippen LogP) is 3.02. The van der Waals surface area contributed by atoms with Gasteiger partial charge in [-0.2, -0.15) is 0 Å². The van der Waals surface area contributed by atoms with E-state index in [2.05, 4.69) is 0 Å². The van der Waals surface area contributed by atoms with E-state index < -0.39 is 0 Å². The molecule has 3 nitrogen and oxygen atoms in total. The maximum Gasteiger partial charge on any atom is 0.309 e. The van der Waals surface area contributed by atoms with Crippen LogP contribution in [0.2, 0.25) is 0 Å². The van der Waals surface area contributed by atoms with Crippen LogP contribution in [0.5, 0.6) is 0 Å². The molecule has 2 aliphatic rings. The summed E-state index contributed by atoms with van der Waals surface area (Å²) in [6.07, 6.45) is 11.5. The van der Waals surface area contributed by atoms with Crippen molar-refractivity contribution < 1.29 is 9.53 Å². The van der Waals surface area contributed by atoms with Gasteiger partial charge in [-0.1, -0.05) is 12.8 Å². The van der Waals surface area contributed by atoms with Crippen molar-refractivity contribution in [2.75, 3.05) is 6.54 Å². The van der Waals surface area contributed by atoms with Crippen molar-refractivity contribution in [1.29, 1.82) is 0 Å². The third-order valence-electron chi connectivity index (χ3n) is 4.60. The molecule has 0 bridgehead atoms. The first-order valence-electron chi connectivity index (χ1n) is 7.70. The van der Waals surface area contributed by atoms with E-state index in [1.165, 1.54) is 25.7 Å². The molecule has 0 aromatic rings. The molecule has 18 heavy (non-hydrogen) atoms. The van der Waals surface area contributed by atoms with E-state index >= 15 is 0 Å². The maximum absolute atomic E-state index is 12.1. The standard InChI is InChI=1S/C15H27NO2/c16-11-12-7-9-13(10-8-12)15(17)18-14-5-3-1-2-4-6-14/h12-14H,1-11,16H2. The molecule has 0 heterocycles. The Hall–Kier alpha value is -0.570. The Morgan fingerprint density at radius 1 is 0.944 bits per heavy atom. The van der Waals surface area contributed by atoms with Gasteiger partial charge in [-0.05, 0) is 63.8 Å². The number of nitrogens with two attached hydrogens (primary N) is 1. The van der Waals surface area contributed by atoms with Gasteiger partial charge in [0, 0.05) is 0 Å². The SMILES string of the molecule is NCC1CCC(C(=O)OC2CCCCCC2)CC1. The molecule has 0 aliphatic heterocycles. The molecule has 0 radical (unpaired) electrons. The lowest BCUT2D eigenvalue weighted by Gasteiger charge is -2.27. The van der Waals surface area contributed by atoms with Crippen LogP contribution in [-0.2, 0) is 9.53 Å². The van der Waals surface area contributed by atoms with Crippen LogP contribution in [-0.4, -0.2) is 18.6 Å². The zero-order valence-electron chi connectivity index (χ0n) is 11.4. The second-order valence-corrected chi connectivity index (χ2v) is 6.00. The van der Waals surface area contributed by atoms with Gasteiger partial charge in [-0.3, -0.25) is 4.79 Å². The highest BCUT2D eigenvalue weighted by Gasteiger charge is 2.28. The Morgan fingerprint density at radius 3 is 2.11 bits per heavy atom. The summed E-state index contributed by atoms with van der Waals surface area (Å²) in [7, 11) is 0. The van der Waals surface area contributed by atoms with Crippen molar-refractivity contribution in [2.45, 2.75) is 70.3 Å². The number of hydrogen-bond donors (Lipinski definition) is 1. The summed E-state index contributed by atoms with van der Waals surface area (Å²) in [6, 6.07) is 0. The monoisotopic (exact) mass is 253 g/mol. The van der Waals surface area contributed by atoms with Crippen LogP contribution in [0.15, 0.2) is 0 Å². The van der Waals surface area contributed by atoms with Gasteiger partial charge in [-0.25, -0.2) is 0 Å². The average Bonchev–Trinajstić information content (AvgIpc) is 2.67. The third kappa shape index (κ3) is 3.98. The highest BCUT2D eigenvalue weighted by Crippen LogP contribution is 2.30. The van der Waals surface area contributed by atoms with Crippen molar-refractivity contribution in [3.05, 3.63) is 0 Å². The summed E-state index contributed by atoms with van der Waals surface area (Å²) in [4.78, 5) is 12.1. The first-order valence-corrected chi connectivity index (χ1v) is 7.70. The number of rotatable bonds is 3. The molecule has 2 rings (SSSR count). The molecule has 0 aromatic heterocycles.